The number of nitrogens with zero attached hydrogens (tertiary/aromatic N) is 3. The lowest BCUT2D eigenvalue weighted by atomic mass is 10.0. The summed E-state index contributed by atoms with van der Waals surface area (Å²) in [6.07, 6.45) is 3.90. The van der Waals surface area contributed by atoms with Gasteiger partial charge in [-0.25, -0.2) is 4.68 Å². The van der Waals surface area contributed by atoms with Crippen molar-refractivity contribution in [1.29, 1.82) is 0 Å². The Morgan fingerprint density at radius 1 is 1.09 bits per heavy atom. The Balaban J connectivity index is 1.75. The van der Waals surface area contributed by atoms with Gasteiger partial charge in [0.2, 0.25) is 0 Å². The van der Waals surface area contributed by atoms with E-state index in [1.165, 1.54) is 11.8 Å². The number of thioether (sulfide) groups is 1. The molecule has 0 aliphatic carbocycles. The molecule has 1 amide bonds. The van der Waals surface area contributed by atoms with Crippen LogP contribution in [0.3, 0.4) is 0 Å². The number of para-hydroxylation sites is 1. The lowest BCUT2D eigenvalue weighted by molar-refractivity contribution is -0.122. The zero-order valence-electron chi connectivity index (χ0n) is 20.8. The summed E-state index contributed by atoms with van der Waals surface area (Å²) in [5.41, 5.74) is 4.70. The Morgan fingerprint density at radius 2 is 1.83 bits per heavy atom. The fraction of sp³-hybridized carbons (Fsp3) is 0.321. The minimum Gasteiger partial charge on any atom is -0.493 e. The Labute approximate surface area is 217 Å². The van der Waals surface area contributed by atoms with Crippen LogP contribution < -0.4 is 4.74 Å². The van der Waals surface area contributed by atoms with Crippen molar-refractivity contribution in [3.05, 3.63) is 70.8 Å². The molecule has 182 valence electrons. The molecule has 4 rings (SSSR count). The van der Waals surface area contributed by atoms with Gasteiger partial charge in [0, 0.05) is 23.9 Å². The van der Waals surface area contributed by atoms with E-state index in [1.54, 1.807) is 4.90 Å². The van der Waals surface area contributed by atoms with Crippen molar-refractivity contribution in [2.24, 2.45) is 11.8 Å². The number of thiocarbonyl (C=S) groups is 1. The molecule has 1 fully saturated rings. The van der Waals surface area contributed by atoms with E-state index in [4.69, 9.17) is 22.1 Å². The van der Waals surface area contributed by atoms with Crippen LogP contribution in [0.4, 0.5) is 0 Å². The van der Waals surface area contributed by atoms with Crippen LogP contribution in [0, 0.1) is 18.8 Å². The van der Waals surface area contributed by atoms with Gasteiger partial charge in [0.15, 0.2) is 0 Å². The number of benzene rings is 2. The first-order valence-electron chi connectivity index (χ1n) is 11.9. The van der Waals surface area contributed by atoms with Crippen LogP contribution in [0.1, 0.15) is 38.8 Å². The number of aryl methyl sites for hydroxylation is 1. The van der Waals surface area contributed by atoms with Crippen LogP contribution in [0.15, 0.2) is 59.6 Å². The topological polar surface area (TPSA) is 47.4 Å². The van der Waals surface area contributed by atoms with Gasteiger partial charge >= 0.3 is 0 Å². The number of carbonyl (C=O) groups is 1. The molecule has 0 atom stereocenters. The van der Waals surface area contributed by atoms with Crippen LogP contribution in [0.2, 0.25) is 0 Å². The summed E-state index contributed by atoms with van der Waals surface area (Å²) >= 11 is 6.86. The molecule has 1 aromatic heterocycles. The Morgan fingerprint density at radius 3 is 2.49 bits per heavy atom. The van der Waals surface area contributed by atoms with Crippen LogP contribution in [-0.4, -0.2) is 38.1 Å². The molecule has 0 radical (unpaired) electrons. The average Bonchev–Trinajstić information content (AvgIpc) is 3.34. The van der Waals surface area contributed by atoms with Crippen molar-refractivity contribution in [1.82, 2.24) is 14.7 Å². The maximum absolute atomic E-state index is 13.1. The molecular weight excluding hydrogens is 474 g/mol. The quantitative estimate of drug-likeness (QED) is 0.251. The summed E-state index contributed by atoms with van der Waals surface area (Å²) in [7, 11) is 0. The molecule has 3 aromatic rings. The van der Waals surface area contributed by atoms with E-state index in [1.807, 2.05) is 65.5 Å². The molecule has 0 N–H and O–H groups in total. The summed E-state index contributed by atoms with van der Waals surface area (Å²) in [5, 5.41) is 4.93. The highest BCUT2D eigenvalue weighted by atomic mass is 32.2. The number of carbonyl (C=O) groups excluding carboxylic acids is 1. The van der Waals surface area contributed by atoms with Crippen LogP contribution >= 0.6 is 24.0 Å². The second-order valence-electron chi connectivity index (χ2n) is 9.58. The predicted octanol–water partition coefficient (Wildman–Crippen LogP) is 6.74. The maximum Gasteiger partial charge on any atom is 0.266 e. The number of amides is 1. The Kier molecular flexibility index (Phi) is 7.77. The van der Waals surface area contributed by atoms with Crippen LogP contribution in [-0.2, 0) is 4.79 Å². The molecule has 2 aromatic carbocycles. The highest BCUT2D eigenvalue weighted by molar-refractivity contribution is 8.26. The summed E-state index contributed by atoms with van der Waals surface area (Å²) < 4.78 is 8.38. The largest absolute Gasteiger partial charge is 0.493 e. The van der Waals surface area contributed by atoms with Crippen molar-refractivity contribution in [3.63, 3.8) is 0 Å². The molecule has 5 nitrogen and oxygen atoms in total. The Bertz CT molecular complexity index is 1260. The summed E-state index contributed by atoms with van der Waals surface area (Å²) in [6.45, 7) is 11.8. The first-order valence-corrected chi connectivity index (χ1v) is 13.1. The second-order valence-corrected chi connectivity index (χ2v) is 11.3. The van der Waals surface area contributed by atoms with Crippen molar-refractivity contribution in [2.75, 3.05) is 13.2 Å². The van der Waals surface area contributed by atoms with E-state index in [0.29, 0.717) is 34.2 Å². The number of rotatable bonds is 8. The number of ether oxygens (including phenoxy) is 1. The zero-order valence-corrected chi connectivity index (χ0v) is 22.5. The monoisotopic (exact) mass is 505 g/mol. The molecule has 35 heavy (non-hydrogen) atoms. The molecule has 2 heterocycles. The van der Waals surface area contributed by atoms with Crippen LogP contribution in [0.25, 0.3) is 23.0 Å². The third-order valence-electron chi connectivity index (χ3n) is 5.51. The van der Waals surface area contributed by atoms with E-state index in [-0.39, 0.29) is 5.91 Å². The van der Waals surface area contributed by atoms with Crippen LogP contribution in [0.5, 0.6) is 5.75 Å². The van der Waals surface area contributed by atoms with E-state index >= 15 is 0 Å². The molecule has 0 spiro atoms. The van der Waals surface area contributed by atoms with E-state index in [9.17, 15) is 4.79 Å². The first-order chi connectivity index (χ1) is 16.7. The minimum atomic E-state index is -0.0405. The van der Waals surface area contributed by atoms with Gasteiger partial charge in [-0.15, -0.1) is 0 Å². The summed E-state index contributed by atoms with van der Waals surface area (Å²) in [5.74, 6) is 1.60. The smallest absolute Gasteiger partial charge is 0.266 e. The van der Waals surface area contributed by atoms with E-state index in [2.05, 4.69) is 34.6 Å². The SMILES string of the molecule is Cc1cc(OCC(C)C)ccc1-c1nn(-c2ccccc2)cc1/C=C1\SC(=S)N(CC(C)C)C1=O. The highest BCUT2D eigenvalue weighted by Gasteiger charge is 2.32. The predicted molar refractivity (Wildman–Crippen MR) is 149 cm³/mol. The van der Waals surface area contributed by atoms with Gasteiger partial charge in [0.25, 0.3) is 5.91 Å². The number of hydrogen-bond donors (Lipinski definition) is 0. The van der Waals surface area contributed by atoms with Crippen molar-refractivity contribution < 1.29 is 9.53 Å². The fourth-order valence-electron chi connectivity index (χ4n) is 3.83. The second kappa shape index (κ2) is 10.8. The minimum absolute atomic E-state index is 0.0405. The van der Waals surface area contributed by atoms with Gasteiger partial charge in [-0.05, 0) is 60.7 Å². The highest BCUT2D eigenvalue weighted by Crippen LogP contribution is 2.36. The average molecular weight is 506 g/mol. The lowest BCUT2D eigenvalue weighted by Gasteiger charge is -2.16. The van der Waals surface area contributed by atoms with Gasteiger partial charge in [-0.2, -0.15) is 5.10 Å². The van der Waals surface area contributed by atoms with Gasteiger partial charge in [0.05, 0.1) is 17.2 Å². The van der Waals surface area contributed by atoms with Crippen molar-refractivity contribution >= 4 is 40.3 Å². The Hall–Kier alpha value is -2.90. The summed E-state index contributed by atoms with van der Waals surface area (Å²) in [6, 6.07) is 16.1. The normalized spacial score (nSPS) is 15.2. The molecular formula is C28H31N3O2S2. The third kappa shape index (κ3) is 5.85. The maximum atomic E-state index is 13.1. The number of hydrogen-bond acceptors (Lipinski definition) is 5. The van der Waals surface area contributed by atoms with Gasteiger partial charge < -0.3 is 4.74 Å². The van der Waals surface area contributed by atoms with Gasteiger partial charge in [0.1, 0.15) is 15.8 Å². The molecule has 0 saturated carbocycles. The molecule has 7 heteroatoms. The number of aromatic nitrogens is 2. The van der Waals surface area contributed by atoms with E-state index in [0.717, 1.165) is 33.8 Å². The standard InChI is InChI=1S/C28H31N3O2S2/c1-18(2)15-30-27(32)25(35-28(30)34)14-21-16-31(22-9-7-6-8-10-22)29-26(21)24-12-11-23(13-20(24)5)33-17-19(3)4/h6-14,16,18-19H,15,17H2,1-5H3/b25-14-. The molecule has 1 saturated heterocycles. The lowest BCUT2D eigenvalue weighted by Crippen LogP contribution is -2.31. The first kappa shape index (κ1) is 25.2. The molecule has 1 aliphatic rings. The fourth-order valence-corrected chi connectivity index (χ4v) is 5.10. The van der Waals surface area contributed by atoms with Gasteiger partial charge in [-0.1, -0.05) is 69.9 Å². The zero-order chi connectivity index (χ0) is 25.1. The van der Waals surface area contributed by atoms with Crippen molar-refractivity contribution in [2.45, 2.75) is 34.6 Å². The van der Waals surface area contributed by atoms with Crippen molar-refractivity contribution in [3.8, 4) is 22.7 Å². The molecule has 0 unspecified atom stereocenters. The summed E-state index contributed by atoms with van der Waals surface area (Å²) in [4.78, 5) is 15.4. The van der Waals surface area contributed by atoms with E-state index < -0.39 is 0 Å². The third-order valence-corrected chi connectivity index (χ3v) is 6.89. The van der Waals surface area contributed by atoms with Gasteiger partial charge in [-0.3, -0.25) is 9.69 Å². The molecule has 0 bridgehead atoms. The molecule has 1 aliphatic heterocycles.